The van der Waals surface area contributed by atoms with E-state index < -0.39 is 0 Å². The molecule has 0 aliphatic carbocycles. The molecule has 0 saturated carbocycles. The van der Waals surface area contributed by atoms with Gasteiger partial charge in [0.15, 0.2) is 0 Å². The number of halogens is 2. The van der Waals surface area contributed by atoms with E-state index in [2.05, 4.69) is 15.2 Å². The smallest absolute Gasteiger partial charge is 0.114 e. The number of hydrogen-bond acceptors (Lipinski definition) is 3. The highest BCUT2D eigenvalue weighted by Crippen LogP contribution is 2.31. The molecule has 0 N–H and O–H groups in total. The van der Waals surface area contributed by atoms with Crippen molar-refractivity contribution in [2.24, 2.45) is 0 Å². The SMILES string of the molecule is Clc1cccc(-c2cn(CCN3CCCC3)nn2)c1Cl. The van der Waals surface area contributed by atoms with Gasteiger partial charge in [0.25, 0.3) is 0 Å². The predicted molar refractivity (Wildman–Crippen MR) is 81.2 cm³/mol. The van der Waals surface area contributed by atoms with Gasteiger partial charge in [-0.05, 0) is 32.0 Å². The minimum Gasteiger partial charge on any atom is -0.301 e. The summed E-state index contributed by atoms with van der Waals surface area (Å²) in [5.74, 6) is 0. The van der Waals surface area contributed by atoms with Crippen LogP contribution in [0.15, 0.2) is 24.4 Å². The fourth-order valence-corrected chi connectivity index (χ4v) is 2.88. The molecule has 6 heteroatoms. The molecule has 1 aromatic carbocycles. The van der Waals surface area contributed by atoms with E-state index in [1.54, 1.807) is 6.07 Å². The summed E-state index contributed by atoms with van der Waals surface area (Å²) in [6.45, 7) is 4.26. The van der Waals surface area contributed by atoms with E-state index in [-0.39, 0.29) is 0 Å². The molecule has 3 rings (SSSR count). The minimum absolute atomic E-state index is 0.528. The van der Waals surface area contributed by atoms with Crippen molar-refractivity contribution in [3.63, 3.8) is 0 Å². The van der Waals surface area contributed by atoms with Crippen LogP contribution in [0.25, 0.3) is 11.3 Å². The maximum Gasteiger partial charge on any atom is 0.114 e. The second-order valence-corrected chi connectivity index (χ2v) is 5.80. The van der Waals surface area contributed by atoms with Crippen LogP contribution in [0.4, 0.5) is 0 Å². The average molecular weight is 311 g/mol. The molecular weight excluding hydrogens is 295 g/mol. The zero-order valence-corrected chi connectivity index (χ0v) is 12.6. The lowest BCUT2D eigenvalue weighted by molar-refractivity contribution is 0.314. The molecule has 106 valence electrons. The largest absolute Gasteiger partial charge is 0.301 e. The second kappa shape index (κ2) is 6.12. The first-order valence-corrected chi connectivity index (χ1v) is 7.56. The van der Waals surface area contributed by atoms with Crippen LogP contribution in [-0.2, 0) is 6.54 Å². The molecule has 0 amide bonds. The molecule has 0 radical (unpaired) electrons. The normalized spacial score (nSPS) is 15.9. The van der Waals surface area contributed by atoms with Crippen LogP contribution >= 0.6 is 23.2 Å². The van der Waals surface area contributed by atoms with Crippen LogP contribution in [0.1, 0.15) is 12.8 Å². The fraction of sp³-hybridized carbons (Fsp3) is 0.429. The van der Waals surface area contributed by atoms with Crippen molar-refractivity contribution in [1.29, 1.82) is 0 Å². The van der Waals surface area contributed by atoms with E-state index in [4.69, 9.17) is 23.2 Å². The lowest BCUT2D eigenvalue weighted by Crippen LogP contribution is -2.24. The Morgan fingerprint density at radius 1 is 1.10 bits per heavy atom. The van der Waals surface area contributed by atoms with Gasteiger partial charge in [0, 0.05) is 12.1 Å². The third-order valence-electron chi connectivity index (χ3n) is 3.61. The standard InChI is InChI=1S/C14H16Cl2N4/c15-12-5-3-4-11(14(12)16)13-10-20(18-17-13)9-8-19-6-1-2-7-19/h3-5,10H,1-2,6-9H2. The molecule has 1 aliphatic heterocycles. The molecule has 1 aromatic heterocycles. The Bertz CT molecular complexity index is 591. The summed E-state index contributed by atoms with van der Waals surface area (Å²) in [7, 11) is 0. The van der Waals surface area contributed by atoms with Crippen LogP contribution in [0.5, 0.6) is 0 Å². The Morgan fingerprint density at radius 3 is 2.70 bits per heavy atom. The monoisotopic (exact) mass is 310 g/mol. The highest BCUT2D eigenvalue weighted by Gasteiger charge is 2.13. The molecule has 2 heterocycles. The van der Waals surface area contributed by atoms with Gasteiger partial charge in [0.05, 0.1) is 22.8 Å². The Balaban J connectivity index is 1.71. The number of aromatic nitrogens is 3. The van der Waals surface area contributed by atoms with Crippen molar-refractivity contribution in [3.8, 4) is 11.3 Å². The van der Waals surface area contributed by atoms with E-state index in [0.29, 0.717) is 10.0 Å². The van der Waals surface area contributed by atoms with Crippen LogP contribution in [0.3, 0.4) is 0 Å². The van der Waals surface area contributed by atoms with E-state index in [9.17, 15) is 0 Å². The van der Waals surface area contributed by atoms with Crippen molar-refractivity contribution < 1.29 is 0 Å². The molecule has 0 spiro atoms. The molecule has 1 fully saturated rings. The van der Waals surface area contributed by atoms with Crippen molar-refractivity contribution in [3.05, 3.63) is 34.4 Å². The highest BCUT2D eigenvalue weighted by molar-refractivity contribution is 6.43. The predicted octanol–water partition coefficient (Wildman–Crippen LogP) is 3.35. The van der Waals surface area contributed by atoms with Gasteiger partial charge < -0.3 is 4.90 Å². The lowest BCUT2D eigenvalue weighted by Gasteiger charge is -2.13. The zero-order chi connectivity index (χ0) is 13.9. The number of rotatable bonds is 4. The zero-order valence-electron chi connectivity index (χ0n) is 11.1. The first kappa shape index (κ1) is 13.9. The lowest BCUT2D eigenvalue weighted by atomic mass is 10.2. The van der Waals surface area contributed by atoms with Crippen LogP contribution in [0.2, 0.25) is 10.0 Å². The number of benzene rings is 1. The molecular formula is C14H16Cl2N4. The van der Waals surface area contributed by atoms with Crippen molar-refractivity contribution in [2.45, 2.75) is 19.4 Å². The number of likely N-dealkylation sites (tertiary alicyclic amines) is 1. The number of hydrogen-bond donors (Lipinski definition) is 0. The molecule has 2 aromatic rings. The topological polar surface area (TPSA) is 34.0 Å². The minimum atomic E-state index is 0.528. The van der Waals surface area contributed by atoms with Gasteiger partial charge in [-0.15, -0.1) is 5.10 Å². The average Bonchev–Trinajstić information content (AvgIpc) is 3.10. The summed E-state index contributed by atoms with van der Waals surface area (Å²) in [4.78, 5) is 2.45. The molecule has 4 nitrogen and oxygen atoms in total. The van der Waals surface area contributed by atoms with Gasteiger partial charge in [-0.25, -0.2) is 0 Å². The third kappa shape index (κ3) is 2.97. The summed E-state index contributed by atoms with van der Waals surface area (Å²) < 4.78 is 1.87. The van der Waals surface area contributed by atoms with Gasteiger partial charge in [0.1, 0.15) is 5.69 Å². The quantitative estimate of drug-likeness (QED) is 0.868. The third-order valence-corrected chi connectivity index (χ3v) is 4.43. The fourth-order valence-electron chi connectivity index (χ4n) is 2.48. The molecule has 1 aliphatic rings. The Labute approximate surface area is 128 Å². The summed E-state index contributed by atoms with van der Waals surface area (Å²) in [6.07, 6.45) is 4.54. The van der Waals surface area contributed by atoms with E-state index >= 15 is 0 Å². The molecule has 0 atom stereocenters. The maximum absolute atomic E-state index is 6.20. The molecule has 0 bridgehead atoms. The van der Waals surface area contributed by atoms with Crippen molar-refractivity contribution in [2.75, 3.05) is 19.6 Å². The summed E-state index contributed by atoms with van der Waals surface area (Å²) in [5, 5.41) is 9.41. The summed E-state index contributed by atoms with van der Waals surface area (Å²) >= 11 is 12.2. The van der Waals surface area contributed by atoms with Crippen LogP contribution in [0, 0.1) is 0 Å². The molecule has 1 saturated heterocycles. The van der Waals surface area contributed by atoms with Crippen LogP contribution < -0.4 is 0 Å². The Morgan fingerprint density at radius 2 is 1.90 bits per heavy atom. The van der Waals surface area contributed by atoms with E-state index in [1.165, 1.54) is 25.9 Å². The van der Waals surface area contributed by atoms with E-state index in [1.807, 2.05) is 23.0 Å². The first-order valence-electron chi connectivity index (χ1n) is 6.81. The summed E-state index contributed by atoms with van der Waals surface area (Å²) in [6, 6.07) is 5.54. The van der Waals surface area contributed by atoms with E-state index in [0.717, 1.165) is 24.3 Å². The van der Waals surface area contributed by atoms with Gasteiger partial charge >= 0.3 is 0 Å². The first-order chi connectivity index (χ1) is 9.74. The Kier molecular flexibility index (Phi) is 4.24. The number of nitrogens with zero attached hydrogens (tertiary/aromatic N) is 4. The van der Waals surface area contributed by atoms with Gasteiger partial charge in [0.2, 0.25) is 0 Å². The van der Waals surface area contributed by atoms with Crippen LogP contribution in [-0.4, -0.2) is 39.5 Å². The van der Waals surface area contributed by atoms with Gasteiger partial charge in [-0.2, -0.15) is 0 Å². The summed E-state index contributed by atoms with van der Waals surface area (Å²) in [5.41, 5.74) is 1.59. The molecule has 0 unspecified atom stereocenters. The van der Waals surface area contributed by atoms with Crippen molar-refractivity contribution in [1.82, 2.24) is 19.9 Å². The Hall–Kier alpha value is -1.10. The maximum atomic E-state index is 6.20. The van der Waals surface area contributed by atoms with Gasteiger partial charge in [-0.3, -0.25) is 4.68 Å². The van der Waals surface area contributed by atoms with Gasteiger partial charge in [-0.1, -0.05) is 40.5 Å². The highest BCUT2D eigenvalue weighted by atomic mass is 35.5. The van der Waals surface area contributed by atoms with Crippen molar-refractivity contribution >= 4 is 23.2 Å². The molecule has 20 heavy (non-hydrogen) atoms. The second-order valence-electron chi connectivity index (χ2n) is 5.02.